The van der Waals surface area contributed by atoms with Crippen LogP contribution in [0.2, 0.25) is 0 Å². The minimum absolute atomic E-state index is 0.334. The zero-order valence-corrected chi connectivity index (χ0v) is 13.2. The van der Waals surface area contributed by atoms with E-state index in [1.807, 2.05) is 12.1 Å². The van der Waals surface area contributed by atoms with Crippen molar-refractivity contribution in [2.75, 3.05) is 19.8 Å². The highest BCUT2D eigenvalue weighted by Gasteiger charge is 2.20. The van der Waals surface area contributed by atoms with E-state index in [2.05, 4.69) is 39.1 Å². The summed E-state index contributed by atoms with van der Waals surface area (Å²) >= 11 is 0. The third kappa shape index (κ3) is 3.89. The second-order valence-electron chi connectivity index (χ2n) is 6.69. The van der Waals surface area contributed by atoms with Gasteiger partial charge < -0.3 is 14.8 Å². The smallest absolute Gasteiger partial charge is 0.165 e. The first-order valence-electron chi connectivity index (χ1n) is 7.56. The second-order valence-corrected chi connectivity index (χ2v) is 6.69. The van der Waals surface area contributed by atoms with E-state index in [4.69, 9.17) is 9.47 Å². The Hall–Kier alpha value is -1.22. The molecule has 1 atom stereocenters. The summed E-state index contributed by atoms with van der Waals surface area (Å²) in [6.07, 6.45) is 0.947. The standard InChI is InChI=1S/C17H27NO2/c1-13(17(2,3)4)11-18-12-14-7-5-8-15-16(14)20-10-6-9-19-15/h5,7-8,13,18H,6,9-12H2,1-4H3. The normalized spacial score (nSPS) is 16.6. The van der Waals surface area contributed by atoms with Gasteiger partial charge in [-0.25, -0.2) is 0 Å². The molecule has 3 nitrogen and oxygen atoms in total. The Kier molecular flexibility index (Phi) is 4.92. The predicted octanol–water partition coefficient (Wildman–Crippen LogP) is 3.62. The van der Waals surface area contributed by atoms with E-state index in [-0.39, 0.29) is 0 Å². The van der Waals surface area contributed by atoms with Crippen LogP contribution in [0.15, 0.2) is 18.2 Å². The third-order valence-corrected chi connectivity index (χ3v) is 4.10. The van der Waals surface area contributed by atoms with Crippen LogP contribution in [-0.2, 0) is 6.54 Å². The molecule has 1 heterocycles. The van der Waals surface area contributed by atoms with Crippen molar-refractivity contribution in [3.8, 4) is 11.5 Å². The maximum Gasteiger partial charge on any atom is 0.165 e. The van der Waals surface area contributed by atoms with Gasteiger partial charge >= 0.3 is 0 Å². The summed E-state index contributed by atoms with van der Waals surface area (Å²) in [5.74, 6) is 2.42. The summed E-state index contributed by atoms with van der Waals surface area (Å²) < 4.78 is 11.6. The van der Waals surface area contributed by atoms with Crippen molar-refractivity contribution in [1.82, 2.24) is 5.32 Å². The molecule has 112 valence electrons. The highest BCUT2D eigenvalue weighted by Crippen LogP contribution is 2.33. The molecule has 0 saturated carbocycles. The van der Waals surface area contributed by atoms with E-state index in [0.29, 0.717) is 11.3 Å². The Morgan fingerprint density at radius 3 is 2.70 bits per heavy atom. The first-order chi connectivity index (χ1) is 9.48. The minimum Gasteiger partial charge on any atom is -0.490 e. The van der Waals surface area contributed by atoms with Crippen LogP contribution in [0.25, 0.3) is 0 Å². The van der Waals surface area contributed by atoms with Gasteiger partial charge in [0.25, 0.3) is 0 Å². The lowest BCUT2D eigenvalue weighted by atomic mass is 9.82. The first-order valence-corrected chi connectivity index (χ1v) is 7.56. The molecule has 1 aromatic carbocycles. The van der Waals surface area contributed by atoms with Crippen LogP contribution in [-0.4, -0.2) is 19.8 Å². The molecule has 2 rings (SSSR count). The molecular weight excluding hydrogens is 250 g/mol. The van der Waals surface area contributed by atoms with Crippen molar-refractivity contribution < 1.29 is 9.47 Å². The zero-order chi connectivity index (χ0) is 14.6. The van der Waals surface area contributed by atoms with Gasteiger partial charge in [0.2, 0.25) is 0 Å². The molecule has 1 N–H and O–H groups in total. The van der Waals surface area contributed by atoms with Crippen LogP contribution >= 0.6 is 0 Å². The summed E-state index contributed by atoms with van der Waals surface area (Å²) in [6, 6.07) is 6.14. The average molecular weight is 277 g/mol. The van der Waals surface area contributed by atoms with Crippen molar-refractivity contribution in [3.63, 3.8) is 0 Å². The fourth-order valence-corrected chi connectivity index (χ4v) is 2.12. The Labute approximate surface area is 122 Å². The van der Waals surface area contributed by atoms with Gasteiger partial charge in [-0.3, -0.25) is 0 Å². The number of benzene rings is 1. The van der Waals surface area contributed by atoms with Gasteiger partial charge in [-0.1, -0.05) is 39.8 Å². The highest BCUT2D eigenvalue weighted by atomic mass is 16.5. The van der Waals surface area contributed by atoms with Gasteiger partial charge in [-0.05, 0) is 23.9 Å². The molecule has 3 heteroatoms. The van der Waals surface area contributed by atoms with Crippen molar-refractivity contribution in [2.24, 2.45) is 11.3 Å². The summed E-state index contributed by atoms with van der Waals surface area (Å²) in [4.78, 5) is 0. The zero-order valence-electron chi connectivity index (χ0n) is 13.2. The van der Waals surface area contributed by atoms with Crippen LogP contribution in [0.3, 0.4) is 0 Å². The summed E-state index contributed by atoms with van der Waals surface area (Å²) in [5, 5.41) is 3.54. The van der Waals surface area contributed by atoms with Crippen LogP contribution in [0.5, 0.6) is 11.5 Å². The van der Waals surface area contributed by atoms with Gasteiger partial charge in [-0.15, -0.1) is 0 Å². The van der Waals surface area contributed by atoms with Crippen LogP contribution < -0.4 is 14.8 Å². The lowest BCUT2D eigenvalue weighted by Gasteiger charge is -2.27. The lowest BCUT2D eigenvalue weighted by Crippen LogP contribution is -2.29. The lowest BCUT2D eigenvalue weighted by molar-refractivity contribution is 0.252. The van der Waals surface area contributed by atoms with E-state index >= 15 is 0 Å². The molecule has 0 spiro atoms. The number of hydrogen-bond acceptors (Lipinski definition) is 3. The van der Waals surface area contributed by atoms with E-state index in [1.54, 1.807) is 0 Å². The Morgan fingerprint density at radius 1 is 1.20 bits per heavy atom. The molecule has 1 unspecified atom stereocenters. The molecule has 0 amide bonds. The number of rotatable bonds is 4. The van der Waals surface area contributed by atoms with Crippen LogP contribution in [0.1, 0.15) is 39.7 Å². The number of para-hydroxylation sites is 1. The van der Waals surface area contributed by atoms with E-state index in [9.17, 15) is 0 Å². The van der Waals surface area contributed by atoms with E-state index < -0.39 is 0 Å². The number of nitrogens with one attached hydrogen (secondary N) is 1. The van der Waals surface area contributed by atoms with Gasteiger partial charge in [0.15, 0.2) is 11.5 Å². The van der Waals surface area contributed by atoms with Crippen molar-refractivity contribution in [3.05, 3.63) is 23.8 Å². The molecule has 1 aliphatic rings. The minimum atomic E-state index is 0.334. The molecule has 20 heavy (non-hydrogen) atoms. The number of fused-ring (bicyclic) bond motifs is 1. The second kappa shape index (κ2) is 6.49. The number of ether oxygens (including phenoxy) is 2. The molecule has 0 aliphatic carbocycles. The maximum absolute atomic E-state index is 5.84. The molecule has 1 aliphatic heterocycles. The molecule has 0 aromatic heterocycles. The molecule has 0 radical (unpaired) electrons. The first kappa shape index (κ1) is 15.2. The van der Waals surface area contributed by atoms with Gasteiger partial charge in [-0.2, -0.15) is 0 Å². The average Bonchev–Trinajstić information content (AvgIpc) is 2.63. The summed E-state index contributed by atoms with van der Waals surface area (Å²) in [6.45, 7) is 12.5. The molecule has 1 aromatic rings. The van der Waals surface area contributed by atoms with Gasteiger partial charge in [0, 0.05) is 18.5 Å². The molecule has 0 bridgehead atoms. The fraction of sp³-hybridized carbons (Fsp3) is 0.647. The topological polar surface area (TPSA) is 30.5 Å². The SMILES string of the molecule is CC(CNCc1cccc2c1OCCCO2)C(C)(C)C. The third-order valence-electron chi connectivity index (χ3n) is 4.10. The van der Waals surface area contributed by atoms with Crippen molar-refractivity contribution >= 4 is 0 Å². The fourth-order valence-electron chi connectivity index (χ4n) is 2.12. The number of hydrogen-bond donors (Lipinski definition) is 1. The summed E-state index contributed by atoms with van der Waals surface area (Å²) in [7, 11) is 0. The van der Waals surface area contributed by atoms with Crippen LogP contribution in [0, 0.1) is 11.3 Å². The quantitative estimate of drug-likeness (QED) is 0.912. The van der Waals surface area contributed by atoms with Crippen molar-refractivity contribution in [2.45, 2.75) is 40.7 Å². The predicted molar refractivity (Wildman–Crippen MR) is 82.4 cm³/mol. The van der Waals surface area contributed by atoms with Crippen molar-refractivity contribution in [1.29, 1.82) is 0 Å². The molecule has 0 saturated heterocycles. The molecular formula is C17H27NO2. The van der Waals surface area contributed by atoms with Gasteiger partial charge in [0.1, 0.15) is 0 Å². The largest absolute Gasteiger partial charge is 0.490 e. The Balaban J connectivity index is 1.97. The molecule has 0 fully saturated rings. The monoisotopic (exact) mass is 277 g/mol. The Bertz CT molecular complexity index is 437. The van der Waals surface area contributed by atoms with E-state index in [1.165, 1.54) is 5.56 Å². The van der Waals surface area contributed by atoms with E-state index in [0.717, 1.165) is 44.2 Å². The highest BCUT2D eigenvalue weighted by molar-refractivity contribution is 5.47. The Morgan fingerprint density at radius 2 is 1.95 bits per heavy atom. The van der Waals surface area contributed by atoms with Gasteiger partial charge in [0.05, 0.1) is 13.2 Å². The van der Waals surface area contributed by atoms with Crippen LogP contribution in [0.4, 0.5) is 0 Å². The maximum atomic E-state index is 5.84. The summed E-state index contributed by atoms with van der Waals surface area (Å²) in [5.41, 5.74) is 1.52.